The SMILES string of the molecule is CCCCc1[nH]c(/C=C2\NC(=O)C(CC)=C2CC)cc1C(=O)CCCCC(=O)OCC. The Morgan fingerprint density at radius 1 is 1.00 bits per heavy atom. The van der Waals surface area contributed by atoms with Crippen molar-refractivity contribution in [1.29, 1.82) is 0 Å². The Balaban J connectivity index is 2.15. The van der Waals surface area contributed by atoms with Gasteiger partial charge in [-0.25, -0.2) is 0 Å². The van der Waals surface area contributed by atoms with Crippen LogP contribution in [-0.4, -0.2) is 29.3 Å². The molecule has 0 spiro atoms. The van der Waals surface area contributed by atoms with Gasteiger partial charge < -0.3 is 15.0 Å². The Kier molecular flexibility index (Phi) is 9.76. The first-order valence-electron chi connectivity index (χ1n) is 11.6. The second-order valence-corrected chi connectivity index (χ2v) is 7.83. The van der Waals surface area contributed by atoms with Gasteiger partial charge in [0, 0.05) is 41.1 Å². The fraction of sp³-hybridized carbons (Fsp3) is 0.560. The Morgan fingerprint density at radius 2 is 1.71 bits per heavy atom. The maximum absolute atomic E-state index is 12.9. The van der Waals surface area contributed by atoms with Crippen LogP contribution in [0.2, 0.25) is 0 Å². The van der Waals surface area contributed by atoms with Gasteiger partial charge in [-0.15, -0.1) is 0 Å². The zero-order valence-corrected chi connectivity index (χ0v) is 19.4. The number of unbranched alkanes of at least 4 members (excludes halogenated alkanes) is 2. The van der Waals surface area contributed by atoms with E-state index >= 15 is 0 Å². The van der Waals surface area contributed by atoms with Crippen LogP contribution in [0.15, 0.2) is 22.9 Å². The predicted molar refractivity (Wildman–Crippen MR) is 123 cm³/mol. The highest BCUT2D eigenvalue weighted by Crippen LogP contribution is 2.28. The lowest BCUT2D eigenvalue weighted by Crippen LogP contribution is -2.16. The minimum Gasteiger partial charge on any atom is -0.466 e. The monoisotopic (exact) mass is 428 g/mol. The fourth-order valence-corrected chi connectivity index (χ4v) is 3.95. The van der Waals surface area contributed by atoms with Crippen LogP contribution < -0.4 is 5.32 Å². The molecular weight excluding hydrogens is 392 g/mol. The van der Waals surface area contributed by atoms with E-state index in [1.807, 2.05) is 26.0 Å². The number of H-pyrrole nitrogens is 1. The number of carbonyl (C=O) groups is 3. The number of allylic oxidation sites excluding steroid dienone is 1. The summed E-state index contributed by atoms with van der Waals surface area (Å²) < 4.78 is 4.94. The zero-order valence-electron chi connectivity index (χ0n) is 19.4. The van der Waals surface area contributed by atoms with Gasteiger partial charge in [0.1, 0.15) is 0 Å². The quantitative estimate of drug-likeness (QED) is 0.255. The van der Waals surface area contributed by atoms with Gasteiger partial charge in [0.25, 0.3) is 5.91 Å². The van der Waals surface area contributed by atoms with E-state index in [1.165, 1.54) is 0 Å². The Bertz CT molecular complexity index is 861. The van der Waals surface area contributed by atoms with Crippen molar-refractivity contribution < 1.29 is 19.1 Å². The molecule has 2 N–H and O–H groups in total. The first-order chi connectivity index (χ1) is 14.9. The van der Waals surface area contributed by atoms with Gasteiger partial charge in [0.05, 0.1) is 6.61 Å². The zero-order chi connectivity index (χ0) is 22.8. The molecule has 1 amide bonds. The lowest BCUT2D eigenvalue weighted by Gasteiger charge is -2.04. The number of hydrogen-bond acceptors (Lipinski definition) is 4. The third-order valence-corrected chi connectivity index (χ3v) is 5.56. The molecule has 31 heavy (non-hydrogen) atoms. The molecule has 0 fully saturated rings. The summed E-state index contributed by atoms with van der Waals surface area (Å²) in [7, 11) is 0. The van der Waals surface area contributed by atoms with Crippen molar-refractivity contribution in [3.8, 4) is 0 Å². The van der Waals surface area contributed by atoms with Gasteiger partial charge in [-0.1, -0.05) is 27.2 Å². The largest absolute Gasteiger partial charge is 0.466 e. The molecule has 0 unspecified atom stereocenters. The topological polar surface area (TPSA) is 88.3 Å². The molecule has 0 radical (unpaired) electrons. The van der Waals surface area contributed by atoms with Crippen LogP contribution in [0.4, 0.5) is 0 Å². The highest BCUT2D eigenvalue weighted by Gasteiger charge is 2.24. The number of ketones is 1. The molecule has 0 saturated heterocycles. The van der Waals surface area contributed by atoms with E-state index in [4.69, 9.17) is 4.74 Å². The van der Waals surface area contributed by atoms with E-state index in [-0.39, 0.29) is 17.7 Å². The molecule has 6 nitrogen and oxygen atoms in total. The maximum atomic E-state index is 12.9. The molecule has 2 rings (SSSR count). The lowest BCUT2D eigenvalue weighted by atomic mass is 10.0. The van der Waals surface area contributed by atoms with E-state index in [2.05, 4.69) is 17.2 Å². The second kappa shape index (κ2) is 12.3. The normalized spacial score (nSPS) is 15.0. The Hall–Kier alpha value is -2.63. The number of hydrogen-bond donors (Lipinski definition) is 2. The van der Waals surface area contributed by atoms with Crippen LogP contribution in [0.1, 0.15) is 101 Å². The first-order valence-corrected chi connectivity index (χ1v) is 11.6. The third-order valence-electron chi connectivity index (χ3n) is 5.56. The third kappa shape index (κ3) is 6.68. The summed E-state index contributed by atoms with van der Waals surface area (Å²) in [6.45, 7) is 8.34. The van der Waals surface area contributed by atoms with E-state index in [9.17, 15) is 14.4 Å². The molecule has 170 valence electrons. The molecule has 1 aromatic rings. The number of aromatic nitrogens is 1. The maximum Gasteiger partial charge on any atom is 0.305 e. The molecule has 2 heterocycles. The molecule has 0 saturated carbocycles. The Morgan fingerprint density at radius 3 is 2.35 bits per heavy atom. The summed E-state index contributed by atoms with van der Waals surface area (Å²) in [6, 6.07) is 1.90. The fourth-order valence-electron chi connectivity index (χ4n) is 3.95. The second-order valence-electron chi connectivity index (χ2n) is 7.83. The highest BCUT2D eigenvalue weighted by atomic mass is 16.5. The van der Waals surface area contributed by atoms with Gasteiger partial charge >= 0.3 is 5.97 Å². The number of esters is 1. The predicted octanol–water partition coefficient (Wildman–Crippen LogP) is 5.25. The number of amides is 1. The number of aromatic amines is 1. The van der Waals surface area contributed by atoms with Gasteiger partial charge in [0.15, 0.2) is 5.78 Å². The number of nitrogens with one attached hydrogen (secondary N) is 2. The van der Waals surface area contributed by atoms with Crippen LogP contribution >= 0.6 is 0 Å². The summed E-state index contributed by atoms with van der Waals surface area (Å²) >= 11 is 0. The van der Waals surface area contributed by atoms with E-state index < -0.39 is 0 Å². The highest BCUT2D eigenvalue weighted by molar-refractivity contribution is 6.01. The lowest BCUT2D eigenvalue weighted by molar-refractivity contribution is -0.143. The van der Waals surface area contributed by atoms with Crippen LogP contribution in [0, 0.1) is 0 Å². The molecule has 0 bridgehead atoms. The standard InChI is InChI=1S/C25H36N2O4/c1-5-9-12-21-20(23(28)13-10-11-14-24(29)31-8-4)15-17(26-21)16-22-18(6-2)19(7-3)25(30)27-22/h15-16,26H,5-14H2,1-4H3,(H,27,30)/b22-16-. The number of ether oxygens (including phenoxy) is 1. The molecule has 6 heteroatoms. The van der Waals surface area contributed by atoms with Crippen molar-refractivity contribution in [2.75, 3.05) is 6.61 Å². The van der Waals surface area contributed by atoms with Crippen LogP contribution in [0.25, 0.3) is 6.08 Å². The Labute approximate surface area is 185 Å². The molecule has 0 aromatic carbocycles. The van der Waals surface area contributed by atoms with Crippen molar-refractivity contribution >= 4 is 23.7 Å². The molecule has 0 atom stereocenters. The smallest absolute Gasteiger partial charge is 0.305 e. The van der Waals surface area contributed by atoms with Gasteiger partial charge in [-0.3, -0.25) is 14.4 Å². The van der Waals surface area contributed by atoms with Gasteiger partial charge in [0.2, 0.25) is 0 Å². The summed E-state index contributed by atoms with van der Waals surface area (Å²) in [5.74, 6) is -0.146. The van der Waals surface area contributed by atoms with E-state index in [1.54, 1.807) is 6.92 Å². The first kappa shape index (κ1) is 24.6. The van der Waals surface area contributed by atoms with E-state index in [0.717, 1.165) is 59.5 Å². The van der Waals surface area contributed by atoms with E-state index in [0.29, 0.717) is 38.7 Å². The molecular formula is C25H36N2O4. The number of aryl methyl sites for hydroxylation is 1. The van der Waals surface area contributed by atoms with Crippen molar-refractivity contribution in [2.24, 2.45) is 0 Å². The van der Waals surface area contributed by atoms with Gasteiger partial charge in [-0.05, 0) is 63.2 Å². The van der Waals surface area contributed by atoms with Crippen LogP contribution in [0.3, 0.4) is 0 Å². The summed E-state index contributed by atoms with van der Waals surface area (Å²) in [5, 5.41) is 2.97. The van der Waals surface area contributed by atoms with Crippen LogP contribution in [-0.2, 0) is 20.7 Å². The van der Waals surface area contributed by atoms with Crippen molar-refractivity contribution in [1.82, 2.24) is 10.3 Å². The minimum atomic E-state index is -0.209. The van der Waals surface area contributed by atoms with Crippen molar-refractivity contribution in [2.45, 2.75) is 85.5 Å². The molecule has 0 aliphatic carbocycles. The minimum absolute atomic E-state index is 0.0266. The van der Waals surface area contributed by atoms with Gasteiger partial charge in [-0.2, -0.15) is 0 Å². The molecule has 1 aliphatic rings. The number of rotatable bonds is 13. The average Bonchev–Trinajstić information content (AvgIpc) is 3.29. The molecule has 1 aromatic heterocycles. The van der Waals surface area contributed by atoms with Crippen LogP contribution in [0.5, 0.6) is 0 Å². The summed E-state index contributed by atoms with van der Waals surface area (Å²) in [5.41, 5.74) is 5.21. The summed E-state index contributed by atoms with van der Waals surface area (Å²) in [4.78, 5) is 40.0. The van der Waals surface area contributed by atoms with Crippen molar-refractivity contribution in [3.63, 3.8) is 0 Å². The molecule has 1 aliphatic heterocycles. The van der Waals surface area contributed by atoms with Crippen molar-refractivity contribution in [3.05, 3.63) is 39.9 Å². The number of carbonyl (C=O) groups excluding carboxylic acids is 3. The summed E-state index contributed by atoms with van der Waals surface area (Å²) in [6.07, 6.45) is 8.33. The average molecular weight is 429 g/mol. The number of Topliss-reactive ketones (excluding diaryl/α,β-unsaturated/α-hetero) is 1.